The van der Waals surface area contributed by atoms with E-state index in [-0.39, 0.29) is 11.9 Å². The number of amides is 1. The van der Waals surface area contributed by atoms with Gasteiger partial charge in [-0.2, -0.15) is 0 Å². The number of nitrogens with one attached hydrogen (secondary N) is 1. The molecule has 3 rings (SSSR count). The smallest absolute Gasteiger partial charge is 0.230 e. The lowest BCUT2D eigenvalue weighted by molar-refractivity contribution is -0.119. The molecule has 4 nitrogen and oxygen atoms in total. The molecule has 0 aromatic heterocycles. The molecule has 29 heavy (non-hydrogen) atoms. The molecule has 0 bridgehead atoms. The lowest BCUT2D eigenvalue weighted by Crippen LogP contribution is -2.28. The number of methoxy groups -OCH3 is 2. The molecule has 0 spiro atoms. The Hall–Kier alpha value is -2.66. The van der Waals surface area contributed by atoms with Crippen molar-refractivity contribution in [3.8, 4) is 11.5 Å². The number of fused-ring (bicyclic) bond motifs is 1. The van der Waals surface area contributed by atoms with Crippen LogP contribution in [-0.4, -0.2) is 25.9 Å². The fourth-order valence-electron chi connectivity index (χ4n) is 3.28. The minimum absolute atomic E-state index is 0.0319. The number of ether oxygens (including phenoxy) is 2. The van der Waals surface area contributed by atoms with Gasteiger partial charge < -0.3 is 14.8 Å². The van der Waals surface area contributed by atoms with E-state index in [9.17, 15) is 4.79 Å². The van der Waals surface area contributed by atoms with E-state index in [0.29, 0.717) is 11.5 Å². The molecule has 3 aromatic carbocycles. The number of rotatable bonds is 8. The van der Waals surface area contributed by atoms with E-state index in [1.165, 1.54) is 10.8 Å². The lowest BCUT2D eigenvalue weighted by Gasteiger charge is -2.16. The Morgan fingerprint density at radius 1 is 1.00 bits per heavy atom. The molecule has 0 heterocycles. The second-order valence-corrected chi connectivity index (χ2v) is 8.01. The van der Waals surface area contributed by atoms with E-state index in [1.807, 2.05) is 38.1 Å². The lowest BCUT2D eigenvalue weighted by atomic mass is 10.0. The van der Waals surface area contributed by atoms with Crippen LogP contribution in [0.4, 0.5) is 0 Å². The fourth-order valence-corrected chi connectivity index (χ4v) is 4.18. The zero-order chi connectivity index (χ0) is 20.8. The van der Waals surface area contributed by atoms with Crippen molar-refractivity contribution in [3.05, 3.63) is 71.3 Å². The normalized spacial score (nSPS) is 11.9. The summed E-state index contributed by atoms with van der Waals surface area (Å²) in [6, 6.07) is 18.5. The third-order valence-electron chi connectivity index (χ3n) is 4.98. The van der Waals surface area contributed by atoms with E-state index in [1.54, 1.807) is 26.0 Å². The van der Waals surface area contributed by atoms with Gasteiger partial charge in [-0.3, -0.25) is 4.79 Å². The Balaban J connectivity index is 1.55. The second kappa shape index (κ2) is 9.70. The van der Waals surface area contributed by atoms with Crippen molar-refractivity contribution in [1.82, 2.24) is 5.32 Å². The number of thioether (sulfide) groups is 1. The van der Waals surface area contributed by atoms with E-state index < -0.39 is 0 Å². The largest absolute Gasteiger partial charge is 0.493 e. The van der Waals surface area contributed by atoms with Crippen LogP contribution in [0.3, 0.4) is 0 Å². The van der Waals surface area contributed by atoms with Gasteiger partial charge in [-0.05, 0) is 59.5 Å². The maximum atomic E-state index is 12.4. The molecule has 1 amide bonds. The third-order valence-corrected chi connectivity index (χ3v) is 5.97. The molecule has 0 aliphatic heterocycles. The molecular weight excluding hydrogens is 382 g/mol. The summed E-state index contributed by atoms with van der Waals surface area (Å²) in [4.78, 5) is 12.4. The van der Waals surface area contributed by atoms with E-state index >= 15 is 0 Å². The molecule has 0 radical (unpaired) electrons. The Morgan fingerprint density at radius 2 is 1.69 bits per heavy atom. The van der Waals surface area contributed by atoms with Crippen molar-refractivity contribution in [2.45, 2.75) is 25.6 Å². The first-order valence-electron chi connectivity index (χ1n) is 9.59. The van der Waals surface area contributed by atoms with Gasteiger partial charge in [0.1, 0.15) is 0 Å². The molecular formula is C24H27NO3S. The van der Waals surface area contributed by atoms with Crippen molar-refractivity contribution in [3.63, 3.8) is 0 Å². The molecule has 0 saturated heterocycles. The van der Waals surface area contributed by atoms with Crippen molar-refractivity contribution < 1.29 is 14.3 Å². The van der Waals surface area contributed by atoms with Crippen LogP contribution in [0.25, 0.3) is 10.8 Å². The summed E-state index contributed by atoms with van der Waals surface area (Å²) in [5, 5.41) is 5.49. The van der Waals surface area contributed by atoms with Crippen LogP contribution < -0.4 is 14.8 Å². The number of carbonyl (C=O) groups excluding carboxylic acids is 1. The topological polar surface area (TPSA) is 47.6 Å². The molecule has 0 fully saturated rings. The van der Waals surface area contributed by atoms with Gasteiger partial charge in [0.05, 0.1) is 26.0 Å². The minimum atomic E-state index is -0.0319. The quantitative estimate of drug-likeness (QED) is 0.550. The van der Waals surface area contributed by atoms with Crippen LogP contribution in [0.15, 0.2) is 54.6 Å². The molecule has 0 aliphatic rings. The van der Waals surface area contributed by atoms with E-state index in [2.05, 4.69) is 35.6 Å². The van der Waals surface area contributed by atoms with Gasteiger partial charge in [0, 0.05) is 5.75 Å². The molecule has 5 heteroatoms. The fraction of sp³-hybridized carbons (Fsp3) is 0.292. The zero-order valence-electron chi connectivity index (χ0n) is 17.3. The number of hydrogen-bond acceptors (Lipinski definition) is 4. The molecule has 1 N–H and O–H groups in total. The number of hydrogen-bond donors (Lipinski definition) is 1. The SMILES string of the molecule is COc1cc(C)c(CSCC(=O)N[C@H](C)c2ccc3ccccc3c2)cc1OC. The maximum Gasteiger partial charge on any atom is 0.230 e. The van der Waals surface area contributed by atoms with Gasteiger partial charge in [-0.1, -0.05) is 36.4 Å². The summed E-state index contributed by atoms with van der Waals surface area (Å²) in [6.45, 7) is 4.06. The van der Waals surface area contributed by atoms with Gasteiger partial charge in [-0.15, -0.1) is 11.8 Å². The number of benzene rings is 3. The highest BCUT2D eigenvalue weighted by Crippen LogP contribution is 2.32. The van der Waals surface area contributed by atoms with Crippen LogP contribution >= 0.6 is 11.8 Å². The molecule has 1 atom stereocenters. The Kier molecular flexibility index (Phi) is 7.04. The number of carbonyl (C=O) groups is 1. The molecule has 3 aromatic rings. The number of aryl methyl sites for hydroxylation is 1. The summed E-state index contributed by atoms with van der Waals surface area (Å²) in [7, 11) is 3.26. The summed E-state index contributed by atoms with van der Waals surface area (Å²) in [5.41, 5.74) is 3.38. The standard InChI is InChI=1S/C24H27NO3S/c1-16-11-22(27-3)23(28-4)13-21(16)14-29-15-24(26)25-17(2)19-10-9-18-7-5-6-8-20(18)12-19/h5-13,17H,14-15H2,1-4H3,(H,25,26)/t17-/m1/s1. The van der Waals surface area contributed by atoms with Crippen LogP contribution in [0, 0.1) is 6.92 Å². The predicted molar refractivity (Wildman–Crippen MR) is 121 cm³/mol. The summed E-state index contributed by atoms with van der Waals surface area (Å²) < 4.78 is 10.7. The second-order valence-electron chi connectivity index (χ2n) is 7.02. The van der Waals surface area contributed by atoms with Crippen molar-refractivity contribution in [2.24, 2.45) is 0 Å². The molecule has 0 unspecified atom stereocenters. The monoisotopic (exact) mass is 409 g/mol. The van der Waals surface area contributed by atoms with Crippen LogP contribution in [0.5, 0.6) is 11.5 Å². The van der Waals surface area contributed by atoms with Crippen molar-refractivity contribution in [1.29, 1.82) is 0 Å². The molecule has 152 valence electrons. The van der Waals surface area contributed by atoms with Gasteiger partial charge in [0.2, 0.25) is 5.91 Å². The van der Waals surface area contributed by atoms with Gasteiger partial charge in [0.15, 0.2) is 11.5 Å². The van der Waals surface area contributed by atoms with E-state index in [0.717, 1.165) is 28.2 Å². The molecule has 0 saturated carbocycles. The average Bonchev–Trinajstić information content (AvgIpc) is 2.74. The van der Waals surface area contributed by atoms with Gasteiger partial charge in [0.25, 0.3) is 0 Å². The average molecular weight is 410 g/mol. The first kappa shape index (κ1) is 21.1. The third kappa shape index (κ3) is 5.24. The highest BCUT2D eigenvalue weighted by Gasteiger charge is 2.12. The summed E-state index contributed by atoms with van der Waals surface area (Å²) in [6.07, 6.45) is 0. The Morgan fingerprint density at radius 3 is 2.41 bits per heavy atom. The van der Waals surface area contributed by atoms with Crippen molar-refractivity contribution >= 4 is 28.4 Å². The van der Waals surface area contributed by atoms with Gasteiger partial charge in [-0.25, -0.2) is 0 Å². The maximum absolute atomic E-state index is 12.4. The van der Waals surface area contributed by atoms with Crippen LogP contribution in [0.2, 0.25) is 0 Å². The highest BCUT2D eigenvalue weighted by atomic mass is 32.2. The van der Waals surface area contributed by atoms with Gasteiger partial charge >= 0.3 is 0 Å². The predicted octanol–water partition coefficient (Wildman–Crippen LogP) is 5.28. The van der Waals surface area contributed by atoms with E-state index in [4.69, 9.17) is 9.47 Å². The first-order valence-corrected chi connectivity index (χ1v) is 10.7. The highest BCUT2D eigenvalue weighted by molar-refractivity contribution is 7.99. The van der Waals surface area contributed by atoms with Crippen LogP contribution in [0.1, 0.15) is 29.7 Å². The van der Waals surface area contributed by atoms with Crippen LogP contribution in [-0.2, 0) is 10.5 Å². The Labute approximate surface area is 176 Å². The molecule has 0 aliphatic carbocycles. The summed E-state index contributed by atoms with van der Waals surface area (Å²) >= 11 is 1.59. The minimum Gasteiger partial charge on any atom is -0.493 e. The van der Waals surface area contributed by atoms with Crippen molar-refractivity contribution in [2.75, 3.05) is 20.0 Å². The Bertz CT molecular complexity index is 1000. The first-order chi connectivity index (χ1) is 14.0. The summed E-state index contributed by atoms with van der Waals surface area (Å²) in [5.74, 6) is 2.62. The zero-order valence-corrected chi connectivity index (χ0v) is 18.1.